The smallest absolute Gasteiger partial charge is 0.353 e. The van der Waals surface area contributed by atoms with Gasteiger partial charge in [0, 0.05) is 43.0 Å². The van der Waals surface area contributed by atoms with Crippen LogP contribution in [-0.2, 0) is 12.7 Å². The zero-order chi connectivity index (χ0) is 18.5. The van der Waals surface area contributed by atoms with Gasteiger partial charge in [-0.25, -0.2) is 9.97 Å². The number of anilines is 1. The van der Waals surface area contributed by atoms with Crippen molar-refractivity contribution < 1.29 is 13.2 Å². The molecule has 0 spiro atoms. The zero-order valence-electron chi connectivity index (χ0n) is 14.8. The van der Waals surface area contributed by atoms with E-state index in [-0.39, 0.29) is 0 Å². The van der Waals surface area contributed by atoms with E-state index >= 15 is 0 Å². The average Bonchev–Trinajstić information content (AvgIpc) is 2.61. The van der Waals surface area contributed by atoms with Gasteiger partial charge >= 0.3 is 6.18 Å². The molecule has 0 radical (unpaired) electrons. The van der Waals surface area contributed by atoms with Crippen LogP contribution in [0.15, 0.2) is 30.6 Å². The van der Waals surface area contributed by atoms with Crippen LogP contribution >= 0.6 is 0 Å². The van der Waals surface area contributed by atoms with Crippen molar-refractivity contribution in [3.63, 3.8) is 0 Å². The van der Waals surface area contributed by atoms with Crippen molar-refractivity contribution in [3.8, 4) is 0 Å². The fourth-order valence-corrected chi connectivity index (χ4v) is 3.97. The molecule has 3 fully saturated rings. The summed E-state index contributed by atoms with van der Waals surface area (Å²) >= 11 is 0. The lowest BCUT2D eigenvalue weighted by Gasteiger charge is -2.57. The number of piperidine rings is 1. The number of alkyl halides is 3. The van der Waals surface area contributed by atoms with Gasteiger partial charge in [-0.3, -0.25) is 4.90 Å². The Morgan fingerprint density at radius 1 is 1.04 bits per heavy atom. The molecule has 7 heteroatoms. The van der Waals surface area contributed by atoms with Crippen LogP contribution in [0.25, 0.3) is 0 Å². The highest BCUT2D eigenvalue weighted by Gasteiger charge is 2.45. The summed E-state index contributed by atoms with van der Waals surface area (Å²) in [5.74, 6) is 1.00. The van der Waals surface area contributed by atoms with Crippen LogP contribution in [0.2, 0.25) is 0 Å². The van der Waals surface area contributed by atoms with Gasteiger partial charge in [0.15, 0.2) is 0 Å². The third-order valence-electron chi connectivity index (χ3n) is 5.60. The summed E-state index contributed by atoms with van der Waals surface area (Å²) < 4.78 is 38.1. The minimum atomic E-state index is -4.28. The van der Waals surface area contributed by atoms with Gasteiger partial charge in [0.1, 0.15) is 12.1 Å². The van der Waals surface area contributed by atoms with E-state index in [1.807, 2.05) is 13.8 Å². The normalized spacial score (nSPS) is 23.0. The number of aryl methyl sites for hydroxylation is 1. The summed E-state index contributed by atoms with van der Waals surface area (Å²) in [6.45, 7) is 6.53. The van der Waals surface area contributed by atoms with E-state index in [1.165, 1.54) is 12.1 Å². The Morgan fingerprint density at radius 2 is 1.69 bits per heavy atom. The summed E-state index contributed by atoms with van der Waals surface area (Å²) in [4.78, 5) is 13.4. The lowest BCUT2D eigenvalue weighted by Crippen LogP contribution is -2.68. The van der Waals surface area contributed by atoms with Crippen molar-refractivity contribution >= 4 is 5.82 Å². The number of nitrogens with zero attached hydrogens (tertiary/aromatic N) is 4. The Labute approximate surface area is 150 Å². The number of aromatic nitrogens is 2. The van der Waals surface area contributed by atoms with Crippen LogP contribution in [0.5, 0.6) is 0 Å². The molecule has 3 saturated heterocycles. The number of fused-ring (bicyclic) bond motifs is 2. The van der Waals surface area contributed by atoms with Crippen LogP contribution in [0.1, 0.15) is 28.8 Å². The minimum Gasteiger partial charge on any atom is -0.353 e. The zero-order valence-corrected chi connectivity index (χ0v) is 14.8. The summed E-state index contributed by atoms with van der Waals surface area (Å²) in [5.41, 5.74) is 2.44. The summed E-state index contributed by atoms with van der Waals surface area (Å²) in [6, 6.07) is 6.37. The Morgan fingerprint density at radius 3 is 2.31 bits per heavy atom. The van der Waals surface area contributed by atoms with E-state index < -0.39 is 11.7 Å². The lowest BCUT2D eigenvalue weighted by atomic mass is 9.86. The molecule has 26 heavy (non-hydrogen) atoms. The van der Waals surface area contributed by atoms with E-state index in [0.717, 1.165) is 42.1 Å². The molecule has 0 N–H and O–H groups in total. The highest BCUT2D eigenvalue weighted by Crippen LogP contribution is 2.36. The van der Waals surface area contributed by atoms with E-state index in [1.54, 1.807) is 18.5 Å². The van der Waals surface area contributed by atoms with Gasteiger partial charge < -0.3 is 4.90 Å². The number of hydrogen-bond donors (Lipinski definition) is 0. The molecule has 3 aliphatic heterocycles. The van der Waals surface area contributed by atoms with E-state index in [0.29, 0.717) is 18.6 Å². The van der Waals surface area contributed by atoms with E-state index in [9.17, 15) is 13.2 Å². The standard InChI is InChI=1S/C19H21F3N4/c1-12-13(2)23-11-24-18(12)25-9-16-7-17(10-25)26(16)8-14-3-5-15(6-4-14)19(20,21)22/h3-6,11,16-17H,7-10H2,1-2H3. The fourth-order valence-electron chi connectivity index (χ4n) is 3.97. The maximum Gasteiger partial charge on any atom is 0.416 e. The molecule has 4 nitrogen and oxygen atoms in total. The quantitative estimate of drug-likeness (QED) is 0.836. The van der Waals surface area contributed by atoms with Crippen molar-refractivity contribution in [2.24, 2.45) is 0 Å². The lowest BCUT2D eigenvalue weighted by molar-refractivity contribution is -0.137. The first-order chi connectivity index (χ1) is 12.3. The third-order valence-corrected chi connectivity index (χ3v) is 5.60. The molecule has 1 aromatic carbocycles. The Hall–Kier alpha value is -2.15. The molecule has 5 rings (SSSR count). The molecule has 2 atom stereocenters. The van der Waals surface area contributed by atoms with E-state index in [4.69, 9.17) is 0 Å². The van der Waals surface area contributed by atoms with Crippen LogP contribution in [0.3, 0.4) is 0 Å². The summed E-state index contributed by atoms with van der Waals surface area (Å²) in [7, 11) is 0. The van der Waals surface area contributed by atoms with Crippen molar-refractivity contribution in [3.05, 3.63) is 53.0 Å². The summed E-state index contributed by atoms with van der Waals surface area (Å²) in [6.07, 6.45) is -1.53. The molecule has 0 aliphatic carbocycles. The van der Waals surface area contributed by atoms with Gasteiger partial charge in [0.25, 0.3) is 0 Å². The Balaban J connectivity index is 1.42. The van der Waals surface area contributed by atoms with Crippen LogP contribution in [-0.4, -0.2) is 40.0 Å². The van der Waals surface area contributed by atoms with Gasteiger partial charge in [-0.1, -0.05) is 12.1 Å². The van der Waals surface area contributed by atoms with Crippen molar-refractivity contribution in [2.45, 2.75) is 45.1 Å². The van der Waals surface area contributed by atoms with Crippen molar-refractivity contribution in [1.29, 1.82) is 0 Å². The highest BCUT2D eigenvalue weighted by atomic mass is 19.4. The second kappa shape index (κ2) is 6.23. The van der Waals surface area contributed by atoms with E-state index in [2.05, 4.69) is 19.8 Å². The van der Waals surface area contributed by atoms with Gasteiger partial charge in [0.2, 0.25) is 0 Å². The molecule has 4 heterocycles. The molecule has 2 bridgehead atoms. The predicted molar refractivity (Wildman–Crippen MR) is 92.9 cm³/mol. The molecule has 1 aromatic heterocycles. The first-order valence-electron chi connectivity index (χ1n) is 8.78. The van der Waals surface area contributed by atoms with Crippen LogP contribution < -0.4 is 4.90 Å². The topological polar surface area (TPSA) is 32.3 Å². The number of rotatable bonds is 3. The van der Waals surface area contributed by atoms with Gasteiger partial charge in [-0.05, 0) is 38.0 Å². The molecular formula is C19H21F3N4. The number of piperazine rings is 1. The molecule has 2 unspecified atom stereocenters. The number of halogens is 3. The number of benzene rings is 1. The second-order valence-electron chi connectivity index (χ2n) is 7.22. The molecular weight excluding hydrogens is 341 g/mol. The molecule has 0 amide bonds. The average molecular weight is 362 g/mol. The SMILES string of the molecule is Cc1ncnc(N2CC3CC(C2)N3Cc2ccc(C(F)(F)F)cc2)c1C. The Kier molecular flexibility index (Phi) is 4.14. The van der Waals surface area contributed by atoms with Crippen LogP contribution in [0, 0.1) is 13.8 Å². The fraction of sp³-hybridized carbons (Fsp3) is 0.474. The van der Waals surface area contributed by atoms with Gasteiger partial charge in [-0.15, -0.1) is 0 Å². The highest BCUT2D eigenvalue weighted by molar-refractivity contribution is 5.49. The maximum atomic E-state index is 12.7. The van der Waals surface area contributed by atoms with Gasteiger partial charge in [0.05, 0.1) is 5.56 Å². The minimum absolute atomic E-state index is 0.422. The second-order valence-corrected chi connectivity index (χ2v) is 7.22. The van der Waals surface area contributed by atoms with Crippen LogP contribution in [0.4, 0.5) is 19.0 Å². The summed E-state index contributed by atoms with van der Waals surface area (Å²) in [5, 5.41) is 0. The monoisotopic (exact) mass is 362 g/mol. The van der Waals surface area contributed by atoms with Gasteiger partial charge in [-0.2, -0.15) is 13.2 Å². The first-order valence-corrected chi connectivity index (χ1v) is 8.78. The molecule has 3 aliphatic rings. The number of hydrogen-bond acceptors (Lipinski definition) is 4. The first kappa shape index (κ1) is 17.3. The van der Waals surface area contributed by atoms with Crippen molar-refractivity contribution in [1.82, 2.24) is 14.9 Å². The maximum absolute atomic E-state index is 12.7. The Bertz CT molecular complexity index is 791. The predicted octanol–water partition coefficient (Wildman–Crippen LogP) is 3.58. The molecule has 138 valence electrons. The largest absolute Gasteiger partial charge is 0.416 e. The third kappa shape index (κ3) is 3.05. The molecule has 0 saturated carbocycles. The van der Waals surface area contributed by atoms with Crippen molar-refractivity contribution in [2.75, 3.05) is 18.0 Å². The molecule has 2 aromatic rings.